The fourth-order valence-corrected chi connectivity index (χ4v) is 2.81. The Kier molecular flexibility index (Phi) is 6.86. The molecule has 2 aromatic rings. The summed E-state index contributed by atoms with van der Waals surface area (Å²) in [6.45, 7) is 1.98. The maximum atomic E-state index is 10.6. The van der Waals surface area contributed by atoms with Gasteiger partial charge < -0.3 is 15.2 Å². The summed E-state index contributed by atoms with van der Waals surface area (Å²) in [5, 5.41) is 18.7. The number of rotatable bonds is 5. The predicted octanol–water partition coefficient (Wildman–Crippen LogP) is 2.36. The van der Waals surface area contributed by atoms with E-state index in [1.165, 1.54) is 0 Å². The molecule has 1 saturated heterocycles. The first-order valence-corrected chi connectivity index (χ1v) is 8.47. The lowest BCUT2D eigenvalue weighted by Gasteiger charge is -2.26. The zero-order chi connectivity index (χ0) is 19.2. The number of carbonyl (C=O) groups is 1. The zero-order valence-corrected chi connectivity index (χ0v) is 14.5. The van der Waals surface area contributed by atoms with Gasteiger partial charge in [-0.25, -0.2) is 9.48 Å². The average molecular weight is 390 g/mol. The number of halogens is 3. The largest absolute Gasteiger partial charge is 0.496 e. The van der Waals surface area contributed by atoms with E-state index in [1.807, 2.05) is 29.1 Å². The van der Waals surface area contributed by atoms with Crippen molar-refractivity contribution < 1.29 is 27.8 Å². The van der Waals surface area contributed by atoms with Gasteiger partial charge >= 0.3 is 12.1 Å². The molecule has 7 nitrogen and oxygen atoms in total. The standard InChI is InChI=1S/C13H16N4OS.C2HF3O2/c1-18-12-4-2-3-5-13(12)19-9-10-8-17(16-15-10)11-6-14-7-11;3-2(4,5)1(6)7/h2-5,8,11,14H,6-7,9H2,1H3;(H,6,7). The van der Waals surface area contributed by atoms with Crippen LogP contribution in [0.1, 0.15) is 11.7 Å². The number of hydrogen-bond donors (Lipinski definition) is 2. The van der Waals surface area contributed by atoms with Crippen LogP contribution in [0.2, 0.25) is 0 Å². The highest BCUT2D eigenvalue weighted by Gasteiger charge is 2.38. The summed E-state index contributed by atoms with van der Waals surface area (Å²) in [7, 11) is 1.69. The third-order valence-corrected chi connectivity index (χ3v) is 4.47. The summed E-state index contributed by atoms with van der Waals surface area (Å²) in [4.78, 5) is 10.0. The van der Waals surface area contributed by atoms with Gasteiger partial charge in [-0.2, -0.15) is 13.2 Å². The van der Waals surface area contributed by atoms with Crippen LogP contribution >= 0.6 is 11.8 Å². The average Bonchev–Trinajstić information content (AvgIpc) is 2.99. The van der Waals surface area contributed by atoms with Gasteiger partial charge in [0.05, 0.1) is 18.8 Å². The quantitative estimate of drug-likeness (QED) is 0.758. The number of carboxylic acids is 1. The highest BCUT2D eigenvalue weighted by Crippen LogP contribution is 2.30. The van der Waals surface area contributed by atoms with E-state index in [0.717, 1.165) is 35.2 Å². The Balaban J connectivity index is 0.000000298. The van der Waals surface area contributed by atoms with Crippen LogP contribution in [0.25, 0.3) is 0 Å². The maximum Gasteiger partial charge on any atom is 0.490 e. The van der Waals surface area contributed by atoms with E-state index in [-0.39, 0.29) is 0 Å². The van der Waals surface area contributed by atoms with Crippen molar-refractivity contribution in [3.8, 4) is 5.75 Å². The summed E-state index contributed by atoms with van der Waals surface area (Å²) < 4.78 is 39.0. The molecular weight excluding hydrogens is 373 g/mol. The Morgan fingerprint density at radius 2 is 2.08 bits per heavy atom. The van der Waals surface area contributed by atoms with Gasteiger partial charge in [0.25, 0.3) is 0 Å². The number of thioether (sulfide) groups is 1. The van der Waals surface area contributed by atoms with Crippen LogP contribution in [-0.2, 0) is 10.5 Å². The van der Waals surface area contributed by atoms with Crippen molar-refractivity contribution in [1.82, 2.24) is 20.3 Å². The molecule has 1 fully saturated rings. The minimum absolute atomic E-state index is 0.470. The fraction of sp³-hybridized carbons (Fsp3) is 0.400. The number of para-hydroxylation sites is 1. The molecule has 0 unspecified atom stereocenters. The molecule has 3 rings (SSSR count). The summed E-state index contributed by atoms with van der Waals surface area (Å²) in [6, 6.07) is 8.49. The first-order chi connectivity index (χ1) is 12.3. The number of aliphatic carboxylic acids is 1. The van der Waals surface area contributed by atoms with Crippen LogP contribution in [0.15, 0.2) is 35.4 Å². The number of benzene rings is 1. The predicted molar refractivity (Wildman–Crippen MR) is 88.2 cm³/mol. The van der Waals surface area contributed by atoms with E-state index in [4.69, 9.17) is 14.6 Å². The van der Waals surface area contributed by atoms with E-state index < -0.39 is 12.1 Å². The molecule has 0 amide bonds. The number of alkyl halides is 3. The summed E-state index contributed by atoms with van der Waals surface area (Å²) in [5.74, 6) is -1.05. The second kappa shape index (κ2) is 8.90. The highest BCUT2D eigenvalue weighted by molar-refractivity contribution is 7.98. The number of nitrogens with zero attached hydrogens (tertiary/aromatic N) is 3. The number of nitrogens with one attached hydrogen (secondary N) is 1. The molecule has 0 spiro atoms. The molecule has 2 N–H and O–H groups in total. The first-order valence-electron chi connectivity index (χ1n) is 7.48. The maximum absolute atomic E-state index is 10.6. The minimum Gasteiger partial charge on any atom is -0.496 e. The Morgan fingerprint density at radius 1 is 1.42 bits per heavy atom. The fourth-order valence-electron chi connectivity index (χ4n) is 1.91. The molecule has 1 aromatic carbocycles. The lowest BCUT2D eigenvalue weighted by atomic mass is 10.2. The number of methoxy groups -OCH3 is 1. The van der Waals surface area contributed by atoms with Gasteiger partial charge in [-0.3, -0.25) is 0 Å². The molecule has 11 heteroatoms. The monoisotopic (exact) mass is 390 g/mol. The first kappa shape index (κ1) is 20.0. The van der Waals surface area contributed by atoms with E-state index >= 15 is 0 Å². The van der Waals surface area contributed by atoms with Crippen LogP contribution in [0.3, 0.4) is 0 Å². The zero-order valence-electron chi connectivity index (χ0n) is 13.7. The van der Waals surface area contributed by atoms with Crippen molar-refractivity contribution in [3.63, 3.8) is 0 Å². The van der Waals surface area contributed by atoms with Crippen LogP contribution in [0, 0.1) is 0 Å². The third-order valence-electron chi connectivity index (χ3n) is 3.38. The van der Waals surface area contributed by atoms with Gasteiger partial charge in [-0.15, -0.1) is 16.9 Å². The molecule has 1 aromatic heterocycles. The van der Waals surface area contributed by atoms with Crippen molar-refractivity contribution in [2.24, 2.45) is 0 Å². The molecule has 0 atom stereocenters. The highest BCUT2D eigenvalue weighted by atomic mass is 32.2. The lowest BCUT2D eigenvalue weighted by molar-refractivity contribution is -0.192. The lowest BCUT2D eigenvalue weighted by Crippen LogP contribution is -2.43. The number of hydrogen-bond acceptors (Lipinski definition) is 6. The third kappa shape index (κ3) is 5.63. The minimum atomic E-state index is -5.08. The van der Waals surface area contributed by atoms with Gasteiger partial charge in [0, 0.05) is 29.9 Å². The Morgan fingerprint density at radius 3 is 2.62 bits per heavy atom. The van der Waals surface area contributed by atoms with Gasteiger partial charge in [-0.1, -0.05) is 17.3 Å². The van der Waals surface area contributed by atoms with Crippen molar-refractivity contribution in [2.45, 2.75) is 22.9 Å². The summed E-state index contributed by atoms with van der Waals surface area (Å²) in [6.07, 6.45) is -3.05. The molecule has 142 valence electrons. The summed E-state index contributed by atoms with van der Waals surface area (Å²) >= 11 is 1.72. The second-order valence-corrected chi connectivity index (χ2v) is 6.26. The van der Waals surface area contributed by atoms with E-state index in [9.17, 15) is 13.2 Å². The van der Waals surface area contributed by atoms with Crippen molar-refractivity contribution in [1.29, 1.82) is 0 Å². The van der Waals surface area contributed by atoms with Gasteiger partial charge in [-0.05, 0) is 12.1 Å². The molecule has 1 aliphatic heterocycles. The van der Waals surface area contributed by atoms with Crippen LogP contribution in [0.5, 0.6) is 5.75 Å². The van der Waals surface area contributed by atoms with Crippen LogP contribution in [-0.4, -0.2) is 52.4 Å². The molecule has 2 heterocycles. The molecule has 0 aliphatic carbocycles. The van der Waals surface area contributed by atoms with E-state index in [2.05, 4.69) is 21.7 Å². The molecule has 26 heavy (non-hydrogen) atoms. The SMILES string of the molecule is COc1ccccc1SCc1cn(C2CNC2)nn1.O=C(O)C(F)(F)F. The van der Waals surface area contributed by atoms with E-state index in [0.29, 0.717) is 6.04 Å². The van der Waals surface area contributed by atoms with Crippen molar-refractivity contribution >= 4 is 17.7 Å². The van der Waals surface area contributed by atoms with Crippen molar-refractivity contribution in [3.05, 3.63) is 36.2 Å². The normalized spacial score (nSPS) is 14.2. The number of ether oxygens (including phenoxy) is 1. The summed E-state index contributed by atoms with van der Waals surface area (Å²) in [5.41, 5.74) is 1.00. The molecule has 0 radical (unpaired) electrons. The van der Waals surface area contributed by atoms with Gasteiger partial charge in [0.1, 0.15) is 5.75 Å². The molecule has 1 aliphatic rings. The van der Waals surface area contributed by atoms with Gasteiger partial charge in [0.15, 0.2) is 0 Å². The number of aromatic nitrogens is 3. The van der Waals surface area contributed by atoms with Crippen LogP contribution in [0.4, 0.5) is 13.2 Å². The van der Waals surface area contributed by atoms with E-state index in [1.54, 1.807) is 18.9 Å². The van der Waals surface area contributed by atoms with Gasteiger partial charge in [0.2, 0.25) is 0 Å². The number of carboxylic acid groups (broad SMARTS) is 1. The molecule has 0 bridgehead atoms. The second-order valence-electron chi connectivity index (χ2n) is 5.24. The topological polar surface area (TPSA) is 89.3 Å². The smallest absolute Gasteiger partial charge is 0.490 e. The Labute approximate surface area is 151 Å². The Hall–Kier alpha value is -2.27. The Bertz CT molecular complexity index is 735. The molecule has 0 saturated carbocycles. The van der Waals surface area contributed by atoms with Crippen molar-refractivity contribution in [2.75, 3.05) is 20.2 Å². The molecular formula is C15H17F3N4O3S. The van der Waals surface area contributed by atoms with Crippen LogP contribution < -0.4 is 10.1 Å².